The number of alkyl halides is 1. The molecular weight excluding hydrogens is 312 g/mol. The molecule has 18 heavy (non-hydrogen) atoms. The molecule has 0 saturated heterocycles. The van der Waals surface area contributed by atoms with Crippen molar-refractivity contribution in [3.05, 3.63) is 28.5 Å². The van der Waals surface area contributed by atoms with Crippen LogP contribution in [0, 0.1) is 5.92 Å². The maximum atomic E-state index is 5.88. The second-order valence-electron chi connectivity index (χ2n) is 4.98. The normalized spacial score (nSPS) is 15.4. The second-order valence-corrected chi connectivity index (χ2v) is 6.28. The van der Waals surface area contributed by atoms with Crippen molar-refractivity contribution in [2.24, 2.45) is 5.92 Å². The van der Waals surface area contributed by atoms with Crippen molar-refractivity contribution in [3.8, 4) is 0 Å². The predicted octanol–water partition coefficient (Wildman–Crippen LogP) is 4.38. The number of rotatable bonds is 5. The van der Waals surface area contributed by atoms with Crippen LogP contribution in [0.3, 0.4) is 0 Å². The second kappa shape index (κ2) is 5.22. The molecule has 1 aliphatic carbocycles. The summed E-state index contributed by atoms with van der Waals surface area (Å²) in [5, 5.41) is 0. The van der Waals surface area contributed by atoms with E-state index in [4.69, 9.17) is 16.6 Å². The van der Waals surface area contributed by atoms with Gasteiger partial charge in [0.2, 0.25) is 0 Å². The van der Waals surface area contributed by atoms with Crippen LogP contribution in [-0.2, 0) is 13.0 Å². The fourth-order valence-electron chi connectivity index (χ4n) is 2.40. The molecule has 1 saturated carbocycles. The van der Waals surface area contributed by atoms with E-state index >= 15 is 0 Å². The lowest BCUT2D eigenvalue weighted by molar-refractivity contribution is 0.588. The molecule has 0 atom stereocenters. The van der Waals surface area contributed by atoms with Crippen molar-refractivity contribution in [3.63, 3.8) is 0 Å². The summed E-state index contributed by atoms with van der Waals surface area (Å²) in [5.74, 6) is 2.70. The fourth-order valence-corrected chi connectivity index (χ4v) is 2.91. The molecule has 0 radical (unpaired) electrons. The van der Waals surface area contributed by atoms with Gasteiger partial charge in [-0.15, -0.1) is 11.6 Å². The number of hydrogen-bond acceptors (Lipinski definition) is 1. The molecule has 1 aliphatic rings. The molecule has 1 aromatic carbocycles. The molecule has 0 spiro atoms. The van der Waals surface area contributed by atoms with Crippen LogP contribution in [0.25, 0.3) is 11.0 Å². The lowest BCUT2D eigenvalue weighted by Gasteiger charge is -2.07. The summed E-state index contributed by atoms with van der Waals surface area (Å²) in [6.07, 6.45) is 4.93. The van der Waals surface area contributed by atoms with E-state index in [1.165, 1.54) is 24.8 Å². The van der Waals surface area contributed by atoms with Crippen molar-refractivity contribution in [1.29, 1.82) is 0 Å². The summed E-state index contributed by atoms with van der Waals surface area (Å²) >= 11 is 9.38. The third-order valence-electron chi connectivity index (χ3n) is 3.57. The van der Waals surface area contributed by atoms with Crippen LogP contribution in [0.4, 0.5) is 0 Å². The third-order valence-corrected chi connectivity index (χ3v) is 4.25. The average Bonchev–Trinajstić information content (AvgIpc) is 3.10. The molecule has 0 amide bonds. The van der Waals surface area contributed by atoms with Gasteiger partial charge in [-0.05, 0) is 30.5 Å². The highest BCUT2D eigenvalue weighted by molar-refractivity contribution is 9.10. The number of nitrogens with zero attached hydrogens (tertiary/aromatic N) is 2. The van der Waals surface area contributed by atoms with Crippen molar-refractivity contribution < 1.29 is 0 Å². The molecule has 0 aliphatic heterocycles. The van der Waals surface area contributed by atoms with Crippen molar-refractivity contribution >= 4 is 38.6 Å². The number of hydrogen-bond donors (Lipinski definition) is 0. The van der Waals surface area contributed by atoms with Gasteiger partial charge >= 0.3 is 0 Å². The highest BCUT2D eigenvalue weighted by atomic mass is 79.9. The van der Waals surface area contributed by atoms with E-state index in [1.807, 2.05) is 0 Å². The van der Waals surface area contributed by atoms with Gasteiger partial charge in [0.05, 0.1) is 11.0 Å². The molecule has 1 aromatic heterocycles. The number of fused-ring (bicyclic) bond motifs is 1. The number of imidazole rings is 1. The Balaban J connectivity index is 1.97. The quantitative estimate of drug-likeness (QED) is 0.745. The van der Waals surface area contributed by atoms with Gasteiger partial charge in [0.1, 0.15) is 5.82 Å². The van der Waals surface area contributed by atoms with Crippen LogP contribution in [0.15, 0.2) is 22.7 Å². The zero-order chi connectivity index (χ0) is 12.5. The Morgan fingerprint density at radius 2 is 2.22 bits per heavy atom. The van der Waals surface area contributed by atoms with E-state index in [-0.39, 0.29) is 0 Å². The zero-order valence-electron chi connectivity index (χ0n) is 10.2. The van der Waals surface area contributed by atoms with Crippen LogP contribution in [0.1, 0.15) is 25.1 Å². The molecule has 96 valence electrons. The molecule has 0 N–H and O–H groups in total. The first kappa shape index (κ1) is 12.5. The first-order valence-corrected chi connectivity index (χ1v) is 7.81. The maximum Gasteiger partial charge on any atom is 0.111 e. The first-order valence-electron chi connectivity index (χ1n) is 6.48. The minimum Gasteiger partial charge on any atom is -0.328 e. The van der Waals surface area contributed by atoms with Crippen LogP contribution in [0.5, 0.6) is 0 Å². The number of aryl methyl sites for hydroxylation is 2. The molecule has 2 aromatic rings. The summed E-state index contributed by atoms with van der Waals surface area (Å²) in [7, 11) is 0. The van der Waals surface area contributed by atoms with Gasteiger partial charge in [0.25, 0.3) is 0 Å². The summed E-state index contributed by atoms with van der Waals surface area (Å²) in [5.41, 5.74) is 2.30. The molecule has 0 bridgehead atoms. The molecule has 3 rings (SSSR count). The van der Waals surface area contributed by atoms with Crippen molar-refractivity contribution in [1.82, 2.24) is 9.55 Å². The number of aromatic nitrogens is 2. The van der Waals surface area contributed by atoms with Crippen LogP contribution < -0.4 is 0 Å². The SMILES string of the molecule is ClCCc1nc2cc(Br)ccc2n1CCC1CC1. The maximum absolute atomic E-state index is 5.88. The van der Waals surface area contributed by atoms with Gasteiger partial charge in [-0.1, -0.05) is 28.8 Å². The topological polar surface area (TPSA) is 17.8 Å². The van der Waals surface area contributed by atoms with Crippen molar-refractivity contribution in [2.45, 2.75) is 32.2 Å². The summed E-state index contributed by atoms with van der Waals surface area (Å²) in [6, 6.07) is 6.32. The molecule has 4 heteroatoms. The number of halogens is 2. The molecular formula is C14H16BrClN2. The molecule has 0 unspecified atom stereocenters. The minimum atomic E-state index is 0.633. The third kappa shape index (κ3) is 2.57. The predicted molar refractivity (Wildman–Crippen MR) is 79.2 cm³/mol. The fraction of sp³-hybridized carbons (Fsp3) is 0.500. The van der Waals surface area contributed by atoms with Crippen LogP contribution in [0.2, 0.25) is 0 Å². The monoisotopic (exact) mass is 326 g/mol. The lowest BCUT2D eigenvalue weighted by atomic mass is 10.2. The lowest BCUT2D eigenvalue weighted by Crippen LogP contribution is -2.05. The smallest absolute Gasteiger partial charge is 0.111 e. The Morgan fingerprint density at radius 1 is 1.39 bits per heavy atom. The Hall–Kier alpha value is -0.540. The highest BCUT2D eigenvalue weighted by Gasteiger charge is 2.21. The van der Waals surface area contributed by atoms with Gasteiger partial charge in [0.15, 0.2) is 0 Å². The molecule has 2 nitrogen and oxygen atoms in total. The van der Waals surface area contributed by atoms with Gasteiger partial charge in [-0.3, -0.25) is 0 Å². The van der Waals surface area contributed by atoms with Gasteiger partial charge < -0.3 is 4.57 Å². The molecule has 1 fully saturated rings. The van der Waals surface area contributed by atoms with Crippen LogP contribution in [-0.4, -0.2) is 15.4 Å². The van der Waals surface area contributed by atoms with E-state index in [1.54, 1.807) is 0 Å². The van der Waals surface area contributed by atoms with Gasteiger partial charge in [-0.25, -0.2) is 4.98 Å². The van der Waals surface area contributed by atoms with E-state index in [0.29, 0.717) is 5.88 Å². The largest absolute Gasteiger partial charge is 0.328 e. The summed E-state index contributed by atoms with van der Waals surface area (Å²) < 4.78 is 3.43. The average molecular weight is 328 g/mol. The molecule has 1 heterocycles. The number of benzene rings is 1. The van der Waals surface area contributed by atoms with E-state index < -0.39 is 0 Å². The first-order chi connectivity index (χ1) is 8.78. The zero-order valence-corrected chi connectivity index (χ0v) is 12.5. The van der Waals surface area contributed by atoms with E-state index in [0.717, 1.165) is 34.7 Å². The Morgan fingerprint density at radius 3 is 2.94 bits per heavy atom. The Kier molecular flexibility index (Phi) is 3.62. The van der Waals surface area contributed by atoms with Crippen molar-refractivity contribution in [2.75, 3.05) is 5.88 Å². The van der Waals surface area contributed by atoms with Gasteiger partial charge in [0, 0.05) is 23.3 Å². The summed E-state index contributed by atoms with van der Waals surface area (Å²) in [4.78, 5) is 4.71. The minimum absolute atomic E-state index is 0.633. The summed E-state index contributed by atoms with van der Waals surface area (Å²) in [6.45, 7) is 1.08. The standard InChI is InChI=1S/C14H16BrClN2/c15-11-3-4-13-12(9-11)17-14(5-7-16)18(13)8-6-10-1-2-10/h3-4,9-10H,1-2,5-8H2. The Labute approximate surface area is 120 Å². The highest BCUT2D eigenvalue weighted by Crippen LogP contribution is 2.33. The van der Waals surface area contributed by atoms with E-state index in [2.05, 4.69) is 38.7 Å². The van der Waals surface area contributed by atoms with Crippen LogP contribution >= 0.6 is 27.5 Å². The van der Waals surface area contributed by atoms with Gasteiger partial charge in [-0.2, -0.15) is 0 Å². The van der Waals surface area contributed by atoms with E-state index in [9.17, 15) is 0 Å². The Bertz CT molecular complexity index is 560.